The molecular formula is C23H21BrClNO4. The minimum Gasteiger partial charge on any atom is -0.493 e. The quantitative estimate of drug-likeness (QED) is 0.404. The average Bonchev–Trinajstić information content (AvgIpc) is 2.74. The van der Waals surface area contributed by atoms with Crippen LogP contribution in [-0.4, -0.2) is 18.2 Å². The van der Waals surface area contributed by atoms with Gasteiger partial charge in [-0.15, -0.1) is 0 Å². The molecular weight excluding hydrogens is 470 g/mol. The van der Waals surface area contributed by atoms with Crippen LogP contribution in [0.2, 0.25) is 5.02 Å². The predicted octanol–water partition coefficient (Wildman–Crippen LogP) is 5.68. The highest BCUT2D eigenvalue weighted by molar-refractivity contribution is 9.10. The van der Waals surface area contributed by atoms with Crippen molar-refractivity contribution in [2.75, 3.05) is 7.11 Å². The first-order chi connectivity index (χ1) is 14.5. The molecule has 0 spiro atoms. The zero-order valence-corrected chi connectivity index (χ0v) is 18.7. The van der Waals surface area contributed by atoms with E-state index in [2.05, 4.69) is 21.2 Å². The van der Waals surface area contributed by atoms with Gasteiger partial charge in [0.15, 0.2) is 11.5 Å². The van der Waals surface area contributed by atoms with E-state index < -0.39 is 5.97 Å². The van der Waals surface area contributed by atoms with Crippen molar-refractivity contribution < 1.29 is 19.4 Å². The molecule has 0 bridgehead atoms. The zero-order valence-electron chi connectivity index (χ0n) is 16.3. The summed E-state index contributed by atoms with van der Waals surface area (Å²) in [6.07, 6.45) is 0. The average molecular weight is 491 g/mol. The van der Waals surface area contributed by atoms with E-state index in [1.807, 2.05) is 36.4 Å². The van der Waals surface area contributed by atoms with Gasteiger partial charge in [0.1, 0.15) is 6.61 Å². The molecule has 0 saturated carbocycles. The maximum absolute atomic E-state index is 10.9. The van der Waals surface area contributed by atoms with Crippen molar-refractivity contribution in [1.29, 1.82) is 0 Å². The van der Waals surface area contributed by atoms with E-state index in [4.69, 9.17) is 26.2 Å². The number of halogens is 2. The Hall–Kier alpha value is -2.54. The molecule has 3 rings (SSSR count). The number of hydrogen-bond acceptors (Lipinski definition) is 4. The van der Waals surface area contributed by atoms with E-state index in [0.717, 1.165) is 21.2 Å². The molecule has 0 aliphatic rings. The van der Waals surface area contributed by atoms with E-state index in [1.54, 1.807) is 31.4 Å². The van der Waals surface area contributed by atoms with Crippen LogP contribution in [0.4, 0.5) is 0 Å². The summed E-state index contributed by atoms with van der Waals surface area (Å²) in [7, 11) is 1.60. The molecule has 0 fully saturated rings. The molecule has 3 aromatic carbocycles. The van der Waals surface area contributed by atoms with Crippen molar-refractivity contribution in [3.05, 3.63) is 92.4 Å². The first kappa shape index (κ1) is 22.2. The number of carbonyl (C=O) groups is 1. The minimum absolute atomic E-state index is 0.278. The number of methoxy groups -OCH3 is 1. The van der Waals surface area contributed by atoms with Crippen LogP contribution >= 0.6 is 27.5 Å². The molecule has 0 aliphatic heterocycles. The van der Waals surface area contributed by atoms with E-state index in [9.17, 15) is 4.79 Å². The standard InChI is InChI=1S/C23H21BrClNO4/c1-29-21-11-16(13-26-12-15-6-8-17(9-7-15)23(27)28)10-19(24)22(21)30-14-18-4-2-3-5-20(18)25/h2-11,26H,12-14H2,1H3,(H,27,28). The van der Waals surface area contributed by atoms with Gasteiger partial charge in [0, 0.05) is 23.7 Å². The molecule has 0 aromatic heterocycles. The Morgan fingerprint density at radius 1 is 1.07 bits per heavy atom. The largest absolute Gasteiger partial charge is 0.493 e. The van der Waals surface area contributed by atoms with Gasteiger partial charge in [-0.25, -0.2) is 4.79 Å². The summed E-state index contributed by atoms with van der Waals surface area (Å²) in [5.74, 6) is 0.313. The highest BCUT2D eigenvalue weighted by Crippen LogP contribution is 2.37. The smallest absolute Gasteiger partial charge is 0.335 e. The molecule has 0 amide bonds. The van der Waals surface area contributed by atoms with Gasteiger partial charge in [-0.2, -0.15) is 0 Å². The molecule has 5 nitrogen and oxygen atoms in total. The second kappa shape index (κ2) is 10.5. The SMILES string of the molecule is COc1cc(CNCc2ccc(C(=O)O)cc2)cc(Br)c1OCc1ccccc1Cl. The monoisotopic (exact) mass is 489 g/mol. The molecule has 0 unspecified atom stereocenters. The highest BCUT2D eigenvalue weighted by atomic mass is 79.9. The summed E-state index contributed by atoms with van der Waals surface area (Å²) in [6, 6.07) is 18.3. The van der Waals surface area contributed by atoms with Crippen molar-refractivity contribution in [2.45, 2.75) is 19.7 Å². The Morgan fingerprint density at radius 3 is 2.43 bits per heavy atom. The summed E-state index contributed by atoms with van der Waals surface area (Å²) >= 11 is 9.77. The number of rotatable bonds is 9. The lowest BCUT2D eigenvalue weighted by Gasteiger charge is -2.15. The number of ether oxygens (including phenoxy) is 2. The van der Waals surface area contributed by atoms with E-state index in [0.29, 0.717) is 36.2 Å². The summed E-state index contributed by atoms with van der Waals surface area (Å²) in [5, 5.41) is 13.0. The lowest BCUT2D eigenvalue weighted by Crippen LogP contribution is -2.13. The van der Waals surface area contributed by atoms with Gasteiger partial charge in [0.25, 0.3) is 0 Å². The van der Waals surface area contributed by atoms with Gasteiger partial charge in [-0.1, -0.05) is 41.9 Å². The normalized spacial score (nSPS) is 10.6. The van der Waals surface area contributed by atoms with E-state index in [1.165, 1.54) is 0 Å². The Bertz CT molecular complexity index is 1020. The highest BCUT2D eigenvalue weighted by Gasteiger charge is 2.13. The van der Waals surface area contributed by atoms with Gasteiger partial charge < -0.3 is 19.9 Å². The summed E-state index contributed by atoms with van der Waals surface area (Å²) < 4.78 is 12.3. The third kappa shape index (κ3) is 5.75. The first-order valence-corrected chi connectivity index (χ1v) is 10.4. The van der Waals surface area contributed by atoms with Crippen LogP contribution in [0.15, 0.2) is 65.1 Å². The third-order valence-electron chi connectivity index (χ3n) is 4.48. The van der Waals surface area contributed by atoms with Crippen LogP contribution in [0.3, 0.4) is 0 Å². The second-order valence-electron chi connectivity index (χ2n) is 6.59. The van der Waals surface area contributed by atoms with Gasteiger partial charge >= 0.3 is 5.97 Å². The molecule has 30 heavy (non-hydrogen) atoms. The van der Waals surface area contributed by atoms with Crippen LogP contribution in [0.25, 0.3) is 0 Å². The van der Waals surface area contributed by atoms with E-state index >= 15 is 0 Å². The minimum atomic E-state index is -0.928. The van der Waals surface area contributed by atoms with Crippen molar-refractivity contribution in [2.24, 2.45) is 0 Å². The number of aromatic carboxylic acids is 1. The van der Waals surface area contributed by atoms with Crippen LogP contribution in [0.5, 0.6) is 11.5 Å². The van der Waals surface area contributed by atoms with Crippen molar-refractivity contribution >= 4 is 33.5 Å². The first-order valence-electron chi connectivity index (χ1n) is 9.23. The number of benzene rings is 3. The molecule has 7 heteroatoms. The van der Waals surface area contributed by atoms with Crippen LogP contribution in [-0.2, 0) is 19.7 Å². The molecule has 0 atom stereocenters. The third-order valence-corrected chi connectivity index (χ3v) is 5.44. The number of carboxylic acid groups (broad SMARTS) is 1. The number of hydrogen-bond donors (Lipinski definition) is 2. The topological polar surface area (TPSA) is 67.8 Å². The Balaban J connectivity index is 1.63. The molecule has 0 saturated heterocycles. The van der Waals surface area contributed by atoms with Crippen LogP contribution in [0.1, 0.15) is 27.0 Å². The van der Waals surface area contributed by atoms with Crippen molar-refractivity contribution in [3.8, 4) is 11.5 Å². The van der Waals surface area contributed by atoms with E-state index in [-0.39, 0.29) is 5.56 Å². The lowest BCUT2D eigenvalue weighted by atomic mass is 10.1. The maximum atomic E-state index is 10.9. The van der Waals surface area contributed by atoms with Gasteiger partial charge in [-0.05, 0) is 57.4 Å². The Labute approximate surface area is 188 Å². The van der Waals surface area contributed by atoms with Gasteiger partial charge in [0.2, 0.25) is 0 Å². The zero-order chi connectivity index (χ0) is 21.5. The Kier molecular flexibility index (Phi) is 7.74. The molecule has 3 aromatic rings. The molecule has 0 radical (unpaired) electrons. The maximum Gasteiger partial charge on any atom is 0.335 e. The summed E-state index contributed by atoms with van der Waals surface area (Å²) in [6.45, 7) is 1.56. The lowest BCUT2D eigenvalue weighted by molar-refractivity contribution is 0.0697. The van der Waals surface area contributed by atoms with Crippen LogP contribution < -0.4 is 14.8 Å². The van der Waals surface area contributed by atoms with Crippen molar-refractivity contribution in [3.63, 3.8) is 0 Å². The number of carboxylic acids is 1. The predicted molar refractivity (Wildman–Crippen MR) is 120 cm³/mol. The molecule has 0 heterocycles. The molecule has 156 valence electrons. The summed E-state index contributed by atoms with van der Waals surface area (Å²) in [5.41, 5.74) is 3.20. The second-order valence-corrected chi connectivity index (χ2v) is 7.86. The van der Waals surface area contributed by atoms with Gasteiger partial charge in [0.05, 0.1) is 17.1 Å². The number of nitrogens with one attached hydrogen (secondary N) is 1. The Morgan fingerprint density at radius 2 is 1.77 bits per heavy atom. The fourth-order valence-corrected chi connectivity index (χ4v) is 3.69. The summed E-state index contributed by atoms with van der Waals surface area (Å²) in [4.78, 5) is 10.9. The molecule has 2 N–H and O–H groups in total. The van der Waals surface area contributed by atoms with Crippen LogP contribution in [0, 0.1) is 0 Å². The fourth-order valence-electron chi connectivity index (χ4n) is 2.90. The van der Waals surface area contributed by atoms with Gasteiger partial charge in [-0.3, -0.25) is 0 Å². The molecule has 0 aliphatic carbocycles. The van der Waals surface area contributed by atoms with Crippen molar-refractivity contribution in [1.82, 2.24) is 5.32 Å². The fraction of sp³-hybridized carbons (Fsp3) is 0.174.